The number of aromatic amines is 1. The summed E-state index contributed by atoms with van der Waals surface area (Å²) in [5, 5.41) is 9.82. The van der Waals surface area contributed by atoms with Gasteiger partial charge in [-0.2, -0.15) is 0 Å². The number of hydrogen-bond donors (Lipinski definition) is 3. The summed E-state index contributed by atoms with van der Waals surface area (Å²) < 4.78 is 0. The Kier molecular flexibility index (Phi) is 4.17. The van der Waals surface area contributed by atoms with Crippen molar-refractivity contribution in [1.82, 2.24) is 10.0 Å². The molecule has 1 aromatic heterocycles. The minimum absolute atomic E-state index is 0.201. The number of urea groups is 1. The molecule has 0 radical (unpaired) electrons. The van der Waals surface area contributed by atoms with Gasteiger partial charge in [-0.05, 0) is 12.1 Å². The van der Waals surface area contributed by atoms with Crippen molar-refractivity contribution in [3.8, 4) is 0 Å². The lowest BCUT2D eigenvalue weighted by Crippen LogP contribution is -2.37. The number of hydrogen-bond acceptors (Lipinski definition) is 3. The molecule has 1 unspecified atom stereocenters. The van der Waals surface area contributed by atoms with Crippen molar-refractivity contribution in [3.05, 3.63) is 59.9 Å². The van der Waals surface area contributed by atoms with Crippen LogP contribution in [0, 0.1) is 0 Å². The summed E-state index contributed by atoms with van der Waals surface area (Å²) >= 11 is 0. The number of nitrogens with two attached hydrogens (primary N) is 1. The average Bonchev–Trinajstić information content (AvgIpc) is 2.98. The van der Waals surface area contributed by atoms with Gasteiger partial charge in [-0.25, -0.2) is 9.86 Å². The van der Waals surface area contributed by atoms with E-state index in [1.807, 2.05) is 6.07 Å². The predicted molar refractivity (Wildman–Crippen MR) is 72.4 cm³/mol. The fourth-order valence-electron chi connectivity index (χ4n) is 1.95. The van der Waals surface area contributed by atoms with Gasteiger partial charge < -0.3 is 10.7 Å². The third kappa shape index (κ3) is 3.04. The average molecular weight is 273 g/mol. The van der Waals surface area contributed by atoms with E-state index in [0.717, 1.165) is 0 Å². The molecule has 0 aliphatic heterocycles. The van der Waals surface area contributed by atoms with Crippen LogP contribution in [0.5, 0.6) is 0 Å². The molecule has 2 rings (SSSR count). The number of rotatable bonds is 5. The molecule has 0 aliphatic rings. The van der Waals surface area contributed by atoms with Crippen LogP contribution in [0.3, 0.4) is 0 Å². The van der Waals surface area contributed by atoms with Crippen molar-refractivity contribution in [1.29, 1.82) is 0 Å². The zero-order valence-electron chi connectivity index (χ0n) is 10.7. The summed E-state index contributed by atoms with van der Waals surface area (Å²) in [5.41, 5.74) is 6.11. The Hall–Kier alpha value is -2.60. The van der Waals surface area contributed by atoms with Crippen LogP contribution in [0.1, 0.15) is 22.0 Å². The lowest BCUT2D eigenvalue weighted by molar-refractivity contribution is -0.0422. The van der Waals surface area contributed by atoms with Crippen molar-refractivity contribution < 1.29 is 14.8 Å². The number of H-pyrrole nitrogens is 1. The van der Waals surface area contributed by atoms with Crippen LogP contribution in [0.2, 0.25) is 0 Å². The third-order valence-electron chi connectivity index (χ3n) is 2.98. The predicted octanol–water partition coefficient (Wildman–Crippen LogP) is 1.75. The van der Waals surface area contributed by atoms with Crippen LogP contribution in [-0.2, 0) is 0 Å². The first kappa shape index (κ1) is 13.8. The molecular formula is C14H15N3O3. The molecule has 0 saturated heterocycles. The highest BCUT2D eigenvalue weighted by molar-refractivity contribution is 6.01. The number of hydroxylamine groups is 2. The van der Waals surface area contributed by atoms with E-state index in [2.05, 4.69) is 4.98 Å². The van der Waals surface area contributed by atoms with Crippen molar-refractivity contribution in [2.24, 2.45) is 5.73 Å². The minimum atomic E-state index is -0.998. The van der Waals surface area contributed by atoms with E-state index in [0.29, 0.717) is 16.3 Å². The van der Waals surface area contributed by atoms with Gasteiger partial charge in [0.2, 0.25) is 0 Å². The number of Topliss-reactive ketones (excluding diaryl/α,β-unsaturated/α-hetero) is 1. The van der Waals surface area contributed by atoms with Crippen molar-refractivity contribution in [3.63, 3.8) is 0 Å². The monoisotopic (exact) mass is 273 g/mol. The van der Waals surface area contributed by atoms with Gasteiger partial charge in [-0.3, -0.25) is 10.0 Å². The highest BCUT2D eigenvalue weighted by Crippen LogP contribution is 2.20. The Morgan fingerprint density at radius 3 is 2.45 bits per heavy atom. The van der Waals surface area contributed by atoms with E-state index in [-0.39, 0.29) is 12.3 Å². The van der Waals surface area contributed by atoms with Crippen LogP contribution in [0.4, 0.5) is 4.79 Å². The summed E-state index contributed by atoms with van der Waals surface area (Å²) in [5.74, 6) is -0.904. The number of amides is 2. The van der Waals surface area contributed by atoms with E-state index in [1.54, 1.807) is 42.6 Å². The standard InChI is InChI=1S/C14H15N3O3/c15-14(19)17(20)9-11(12-7-4-8-16-12)13(18)10-5-2-1-3-6-10/h1-8,11,16,20H,9H2,(H2,15,19). The Morgan fingerprint density at radius 1 is 1.20 bits per heavy atom. The summed E-state index contributed by atoms with van der Waals surface area (Å²) in [7, 11) is 0. The number of carbonyl (C=O) groups excluding carboxylic acids is 2. The summed E-state index contributed by atoms with van der Waals surface area (Å²) in [6, 6.07) is 11.2. The summed E-state index contributed by atoms with van der Waals surface area (Å²) in [6.45, 7) is -0.205. The Balaban J connectivity index is 2.28. The maximum atomic E-state index is 12.5. The molecule has 1 aromatic carbocycles. The zero-order valence-corrected chi connectivity index (χ0v) is 10.7. The van der Waals surface area contributed by atoms with E-state index < -0.39 is 11.9 Å². The Labute approximate surface area is 115 Å². The molecule has 2 aromatic rings. The second-order valence-corrected chi connectivity index (χ2v) is 4.33. The van der Waals surface area contributed by atoms with Gasteiger partial charge in [-0.1, -0.05) is 30.3 Å². The molecule has 6 heteroatoms. The number of primary amides is 1. The molecule has 4 N–H and O–H groups in total. The highest BCUT2D eigenvalue weighted by Gasteiger charge is 2.26. The molecule has 20 heavy (non-hydrogen) atoms. The highest BCUT2D eigenvalue weighted by atomic mass is 16.5. The largest absolute Gasteiger partial charge is 0.364 e. The SMILES string of the molecule is NC(=O)N(O)CC(C(=O)c1ccccc1)c1ccc[nH]1. The molecule has 0 bridgehead atoms. The number of nitrogens with one attached hydrogen (secondary N) is 1. The molecule has 0 fully saturated rings. The van der Waals surface area contributed by atoms with E-state index >= 15 is 0 Å². The van der Waals surface area contributed by atoms with Crippen LogP contribution in [0.15, 0.2) is 48.7 Å². The van der Waals surface area contributed by atoms with Gasteiger partial charge in [0.15, 0.2) is 5.78 Å². The molecule has 0 saturated carbocycles. The van der Waals surface area contributed by atoms with E-state index in [1.165, 1.54) is 0 Å². The second kappa shape index (κ2) is 6.03. The smallest absolute Gasteiger partial charge is 0.338 e. The number of ketones is 1. The molecule has 0 spiro atoms. The van der Waals surface area contributed by atoms with Crippen molar-refractivity contribution in [2.75, 3.05) is 6.54 Å². The normalized spacial score (nSPS) is 11.8. The van der Waals surface area contributed by atoms with Crippen molar-refractivity contribution >= 4 is 11.8 Å². The molecule has 2 amide bonds. The van der Waals surface area contributed by atoms with Crippen LogP contribution >= 0.6 is 0 Å². The summed E-state index contributed by atoms with van der Waals surface area (Å²) in [4.78, 5) is 26.4. The van der Waals surface area contributed by atoms with Crippen LogP contribution in [-0.4, -0.2) is 33.6 Å². The van der Waals surface area contributed by atoms with E-state index in [4.69, 9.17) is 5.73 Å². The lowest BCUT2D eigenvalue weighted by atomic mass is 9.94. The second-order valence-electron chi connectivity index (χ2n) is 4.33. The molecule has 104 valence electrons. The van der Waals surface area contributed by atoms with Gasteiger partial charge in [0.25, 0.3) is 0 Å². The first-order valence-electron chi connectivity index (χ1n) is 6.08. The van der Waals surface area contributed by atoms with Gasteiger partial charge >= 0.3 is 6.03 Å². The van der Waals surface area contributed by atoms with Crippen LogP contribution < -0.4 is 5.73 Å². The van der Waals surface area contributed by atoms with Gasteiger partial charge in [0.1, 0.15) is 0 Å². The van der Waals surface area contributed by atoms with Crippen molar-refractivity contribution in [2.45, 2.75) is 5.92 Å². The zero-order chi connectivity index (χ0) is 14.5. The minimum Gasteiger partial charge on any atom is -0.364 e. The van der Waals surface area contributed by atoms with E-state index in [9.17, 15) is 14.8 Å². The third-order valence-corrected chi connectivity index (χ3v) is 2.98. The molecule has 0 aliphatic carbocycles. The number of aromatic nitrogens is 1. The van der Waals surface area contributed by atoms with Gasteiger partial charge in [0, 0.05) is 17.5 Å². The maximum Gasteiger partial charge on any atom is 0.338 e. The molecule has 1 heterocycles. The number of carbonyl (C=O) groups is 2. The number of nitrogens with zero attached hydrogens (tertiary/aromatic N) is 1. The fraction of sp³-hybridized carbons (Fsp3) is 0.143. The Morgan fingerprint density at radius 2 is 1.90 bits per heavy atom. The first-order valence-corrected chi connectivity index (χ1v) is 6.08. The lowest BCUT2D eigenvalue weighted by Gasteiger charge is -2.19. The Bertz CT molecular complexity index is 581. The topological polar surface area (TPSA) is 99.4 Å². The van der Waals surface area contributed by atoms with Crippen LogP contribution in [0.25, 0.3) is 0 Å². The van der Waals surface area contributed by atoms with Gasteiger partial charge in [-0.15, -0.1) is 0 Å². The quantitative estimate of drug-likeness (QED) is 0.439. The first-order chi connectivity index (χ1) is 9.59. The molecule has 6 nitrogen and oxygen atoms in total. The maximum absolute atomic E-state index is 12.5. The summed E-state index contributed by atoms with van der Waals surface area (Å²) in [6.07, 6.45) is 1.67. The number of benzene rings is 1. The molecule has 1 atom stereocenters. The molecular weight excluding hydrogens is 258 g/mol. The van der Waals surface area contributed by atoms with Gasteiger partial charge in [0.05, 0.1) is 12.5 Å². The fourth-order valence-corrected chi connectivity index (χ4v) is 1.95.